The molecule has 0 amide bonds. The minimum atomic E-state index is -1.27. The predicted octanol–water partition coefficient (Wildman–Crippen LogP) is 2.51. The largest absolute Gasteiger partial charge is 0.497 e. The molecule has 1 aromatic heterocycles. The van der Waals surface area contributed by atoms with Crippen LogP contribution in [0, 0.1) is 5.92 Å². The van der Waals surface area contributed by atoms with Crippen LogP contribution in [0.2, 0.25) is 0 Å². The van der Waals surface area contributed by atoms with E-state index in [1.807, 2.05) is 23.6 Å². The number of aromatic nitrogens is 1. The lowest BCUT2D eigenvalue weighted by Crippen LogP contribution is -2.39. The maximum Gasteiger partial charge on any atom is 0.309 e. The summed E-state index contributed by atoms with van der Waals surface area (Å²) in [7, 11) is 1.60. The zero-order valence-corrected chi connectivity index (χ0v) is 13.9. The van der Waals surface area contributed by atoms with Gasteiger partial charge >= 0.3 is 5.97 Å². The Morgan fingerprint density at radius 1 is 1.52 bits per heavy atom. The molecule has 5 nitrogen and oxygen atoms in total. The third kappa shape index (κ3) is 2.84. The number of nitrogens with zero attached hydrogens (tertiary/aromatic N) is 1. The smallest absolute Gasteiger partial charge is 0.309 e. The van der Waals surface area contributed by atoms with Crippen LogP contribution in [0.15, 0.2) is 29.8 Å². The van der Waals surface area contributed by atoms with E-state index in [2.05, 4.69) is 4.98 Å². The van der Waals surface area contributed by atoms with E-state index in [-0.39, 0.29) is 12.4 Å². The van der Waals surface area contributed by atoms with Gasteiger partial charge < -0.3 is 14.6 Å². The first-order valence-electron chi connectivity index (χ1n) is 7.55. The van der Waals surface area contributed by atoms with Crippen LogP contribution in [-0.2, 0) is 21.6 Å². The van der Waals surface area contributed by atoms with Crippen molar-refractivity contribution in [3.05, 3.63) is 45.9 Å². The topological polar surface area (TPSA) is 68.7 Å². The SMILES string of the molecule is CCOC(=O)C1Cc2cc(OC)ccc2C(O)(c2nccs2)C1. The number of carbonyl (C=O) groups excluding carboxylic acids is 1. The first-order valence-corrected chi connectivity index (χ1v) is 8.42. The van der Waals surface area contributed by atoms with Gasteiger partial charge in [-0.25, -0.2) is 4.98 Å². The van der Waals surface area contributed by atoms with Gasteiger partial charge in [0.05, 0.1) is 19.6 Å². The van der Waals surface area contributed by atoms with Gasteiger partial charge in [0.1, 0.15) is 16.4 Å². The monoisotopic (exact) mass is 333 g/mol. The molecule has 1 aliphatic carbocycles. The molecule has 0 aliphatic heterocycles. The lowest BCUT2D eigenvalue weighted by Gasteiger charge is -2.36. The number of carbonyl (C=O) groups is 1. The highest BCUT2D eigenvalue weighted by Gasteiger charge is 2.44. The third-order valence-electron chi connectivity index (χ3n) is 4.17. The van der Waals surface area contributed by atoms with Crippen molar-refractivity contribution in [2.45, 2.75) is 25.4 Å². The van der Waals surface area contributed by atoms with E-state index in [0.717, 1.165) is 11.1 Å². The van der Waals surface area contributed by atoms with Crippen molar-refractivity contribution in [3.8, 4) is 5.75 Å². The van der Waals surface area contributed by atoms with Crippen LogP contribution in [0.4, 0.5) is 0 Å². The predicted molar refractivity (Wildman–Crippen MR) is 86.6 cm³/mol. The van der Waals surface area contributed by atoms with Gasteiger partial charge in [0, 0.05) is 18.0 Å². The molecule has 6 heteroatoms. The number of rotatable bonds is 4. The number of benzene rings is 1. The van der Waals surface area contributed by atoms with Crippen molar-refractivity contribution in [1.29, 1.82) is 0 Å². The summed E-state index contributed by atoms with van der Waals surface area (Å²) in [5, 5.41) is 13.8. The van der Waals surface area contributed by atoms with Crippen LogP contribution in [-0.4, -0.2) is 29.8 Å². The van der Waals surface area contributed by atoms with Crippen molar-refractivity contribution in [2.24, 2.45) is 5.92 Å². The molecule has 0 spiro atoms. The number of ether oxygens (including phenoxy) is 2. The van der Waals surface area contributed by atoms with Gasteiger partial charge in [0.25, 0.3) is 0 Å². The Labute approximate surface area is 138 Å². The molecule has 2 unspecified atom stereocenters. The van der Waals surface area contributed by atoms with Gasteiger partial charge in [0.2, 0.25) is 0 Å². The number of hydrogen-bond donors (Lipinski definition) is 1. The molecule has 1 heterocycles. The molecule has 0 radical (unpaired) electrons. The average Bonchev–Trinajstić information content (AvgIpc) is 3.09. The Bertz CT molecular complexity index is 701. The normalized spacial score (nSPS) is 23.2. The average molecular weight is 333 g/mol. The second-order valence-electron chi connectivity index (χ2n) is 5.58. The van der Waals surface area contributed by atoms with Crippen LogP contribution in [0.1, 0.15) is 29.5 Å². The molecule has 2 aromatic rings. The Morgan fingerprint density at radius 2 is 2.35 bits per heavy atom. The van der Waals surface area contributed by atoms with E-state index >= 15 is 0 Å². The fraction of sp³-hybridized carbons (Fsp3) is 0.412. The number of methoxy groups -OCH3 is 1. The molecule has 1 aliphatic rings. The number of esters is 1. The zero-order valence-electron chi connectivity index (χ0n) is 13.1. The molecule has 23 heavy (non-hydrogen) atoms. The van der Waals surface area contributed by atoms with Gasteiger partial charge in [-0.15, -0.1) is 11.3 Å². The minimum absolute atomic E-state index is 0.276. The molecular weight excluding hydrogens is 314 g/mol. The van der Waals surface area contributed by atoms with E-state index in [0.29, 0.717) is 23.8 Å². The molecule has 1 aromatic carbocycles. The van der Waals surface area contributed by atoms with Crippen molar-refractivity contribution >= 4 is 17.3 Å². The number of aliphatic hydroxyl groups is 1. The first-order chi connectivity index (χ1) is 11.1. The van der Waals surface area contributed by atoms with Crippen molar-refractivity contribution in [2.75, 3.05) is 13.7 Å². The van der Waals surface area contributed by atoms with Gasteiger partial charge in [-0.2, -0.15) is 0 Å². The Kier molecular flexibility index (Phi) is 4.37. The Balaban J connectivity index is 2.07. The van der Waals surface area contributed by atoms with Crippen LogP contribution >= 0.6 is 11.3 Å². The fourth-order valence-electron chi connectivity index (χ4n) is 3.13. The van der Waals surface area contributed by atoms with Crippen LogP contribution < -0.4 is 4.74 Å². The maximum atomic E-state index is 12.2. The number of fused-ring (bicyclic) bond motifs is 1. The van der Waals surface area contributed by atoms with E-state index in [9.17, 15) is 9.90 Å². The molecule has 0 fully saturated rings. The lowest BCUT2D eigenvalue weighted by atomic mass is 9.74. The number of hydrogen-bond acceptors (Lipinski definition) is 6. The van der Waals surface area contributed by atoms with E-state index in [1.54, 1.807) is 20.2 Å². The Hall–Kier alpha value is -1.92. The van der Waals surface area contributed by atoms with E-state index < -0.39 is 11.5 Å². The summed E-state index contributed by atoms with van der Waals surface area (Å²) in [5.74, 6) is 0.0224. The highest BCUT2D eigenvalue weighted by molar-refractivity contribution is 7.09. The summed E-state index contributed by atoms with van der Waals surface area (Å²) in [4.78, 5) is 16.5. The molecule has 2 atom stereocenters. The Morgan fingerprint density at radius 3 is 3.00 bits per heavy atom. The van der Waals surface area contributed by atoms with Gasteiger partial charge in [-0.05, 0) is 36.6 Å². The molecule has 122 valence electrons. The van der Waals surface area contributed by atoms with Crippen molar-refractivity contribution < 1.29 is 19.4 Å². The molecule has 0 saturated carbocycles. The summed E-state index contributed by atoms with van der Waals surface area (Å²) in [5.41, 5.74) is 0.408. The summed E-state index contributed by atoms with van der Waals surface area (Å²) >= 11 is 1.38. The van der Waals surface area contributed by atoms with E-state index in [1.165, 1.54) is 11.3 Å². The maximum absolute atomic E-state index is 12.2. The summed E-state index contributed by atoms with van der Waals surface area (Å²) in [6, 6.07) is 5.55. The quantitative estimate of drug-likeness (QED) is 0.871. The minimum Gasteiger partial charge on any atom is -0.497 e. The molecular formula is C17H19NO4S. The summed E-state index contributed by atoms with van der Waals surface area (Å²) in [6.45, 7) is 2.11. The fourth-order valence-corrected chi connectivity index (χ4v) is 3.89. The molecule has 0 bridgehead atoms. The standard InChI is InChI=1S/C17H19NO4S/c1-3-22-15(19)12-8-11-9-13(21-2)4-5-14(11)17(20,10-12)16-18-6-7-23-16/h4-7,9,12,20H,3,8,10H2,1-2H3. The zero-order chi connectivity index (χ0) is 16.4. The molecule has 1 N–H and O–H groups in total. The van der Waals surface area contributed by atoms with E-state index in [4.69, 9.17) is 9.47 Å². The lowest BCUT2D eigenvalue weighted by molar-refractivity contribution is -0.150. The second-order valence-corrected chi connectivity index (χ2v) is 6.47. The van der Waals surface area contributed by atoms with Crippen molar-refractivity contribution in [1.82, 2.24) is 4.98 Å². The van der Waals surface area contributed by atoms with Crippen LogP contribution in [0.5, 0.6) is 5.75 Å². The first kappa shape index (κ1) is 16.0. The highest BCUT2D eigenvalue weighted by Crippen LogP contribution is 2.44. The second kappa shape index (κ2) is 6.29. The van der Waals surface area contributed by atoms with Gasteiger partial charge in [0.15, 0.2) is 0 Å². The highest BCUT2D eigenvalue weighted by atomic mass is 32.1. The van der Waals surface area contributed by atoms with Crippen LogP contribution in [0.3, 0.4) is 0 Å². The molecule has 0 saturated heterocycles. The van der Waals surface area contributed by atoms with Crippen LogP contribution in [0.25, 0.3) is 0 Å². The molecule has 3 rings (SSSR count). The summed E-state index contributed by atoms with van der Waals surface area (Å²) < 4.78 is 10.4. The third-order valence-corrected chi connectivity index (χ3v) is 5.10. The summed E-state index contributed by atoms with van der Waals surface area (Å²) in [6.07, 6.45) is 2.47. The van der Waals surface area contributed by atoms with Gasteiger partial charge in [-0.1, -0.05) is 6.07 Å². The number of thiazole rings is 1. The van der Waals surface area contributed by atoms with Gasteiger partial charge in [-0.3, -0.25) is 4.79 Å². The van der Waals surface area contributed by atoms with Crippen molar-refractivity contribution in [3.63, 3.8) is 0 Å².